The van der Waals surface area contributed by atoms with Gasteiger partial charge in [0.2, 0.25) is 0 Å². The van der Waals surface area contributed by atoms with Crippen molar-refractivity contribution in [2.45, 2.75) is 84.5 Å². The summed E-state index contributed by atoms with van der Waals surface area (Å²) in [5.74, 6) is 0. The second kappa shape index (κ2) is 11.8. The highest BCUT2D eigenvalue weighted by Crippen LogP contribution is 2.27. The van der Waals surface area contributed by atoms with Crippen LogP contribution in [-0.2, 0) is 30.7 Å². The Labute approximate surface area is 183 Å². The third kappa shape index (κ3) is 16.7. The third-order valence-corrected chi connectivity index (χ3v) is 21.5. The lowest BCUT2D eigenvalue weighted by molar-refractivity contribution is 0.0947. The number of carbonyl (C=O) groups excluding carboxylic acids is 1. The zero-order valence-corrected chi connectivity index (χ0v) is 25.4. The van der Waals surface area contributed by atoms with E-state index in [1.807, 2.05) is 0 Å². The van der Waals surface area contributed by atoms with E-state index in [9.17, 15) is 4.79 Å². The Balaban J connectivity index is 4.60. The van der Waals surface area contributed by atoms with Crippen LogP contribution in [0.25, 0.3) is 0 Å². The predicted octanol–water partition coefficient (Wildman–Crippen LogP) is 4.69. The van der Waals surface area contributed by atoms with Crippen molar-refractivity contribution in [1.82, 2.24) is 0 Å². The number of ether oxygens (including phenoxy) is 2. The van der Waals surface area contributed by atoms with Gasteiger partial charge in [0.05, 0.1) is 6.61 Å². The van der Waals surface area contributed by atoms with E-state index in [2.05, 4.69) is 76.8 Å². The number of hydrogen-bond donors (Lipinski definition) is 0. The van der Waals surface area contributed by atoms with Crippen LogP contribution in [0.4, 0.5) is 0 Å². The molecule has 0 saturated heterocycles. The van der Waals surface area contributed by atoms with Gasteiger partial charge in [0.25, 0.3) is 0 Å². The molecule has 0 bridgehead atoms. The second-order valence-electron chi connectivity index (χ2n) is 10.1. The molecule has 0 aromatic heterocycles. The fourth-order valence-electron chi connectivity index (χ4n) is 3.54. The maximum absolute atomic E-state index is 9.96. The number of hydrogen-bond acceptors (Lipinski definition) is 7. The van der Waals surface area contributed by atoms with Crippen molar-refractivity contribution in [2.24, 2.45) is 0 Å². The van der Waals surface area contributed by atoms with E-state index in [4.69, 9.17) is 21.2 Å². The van der Waals surface area contributed by atoms with E-state index in [1.54, 1.807) is 0 Å². The first-order chi connectivity index (χ1) is 12.9. The lowest BCUT2D eigenvalue weighted by Gasteiger charge is -2.42. The normalized spacial score (nSPS) is 14.2. The molecule has 12 heteroatoms. The van der Waals surface area contributed by atoms with E-state index in [0.29, 0.717) is 13.2 Å². The molecule has 1 radical (unpaired) electrons. The summed E-state index contributed by atoms with van der Waals surface area (Å²) in [5.41, 5.74) is 0. The van der Waals surface area contributed by atoms with Crippen molar-refractivity contribution >= 4 is 48.8 Å². The fourth-order valence-corrected chi connectivity index (χ4v) is 27.3. The topological polar surface area (TPSA) is 72.5 Å². The summed E-state index contributed by atoms with van der Waals surface area (Å²) >= 11 is 0. The van der Waals surface area contributed by atoms with Gasteiger partial charge in [-0.1, -0.05) is 0 Å². The zero-order chi connectivity index (χ0) is 23.0. The van der Waals surface area contributed by atoms with Crippen LogP contribution in [0.2, 0.25) is 78.1 Å². The second-order valence-corrected chi connectivity index (χ2v) is 30.0. The molecule has 0 rings (SSSR count). The molecule has 0 aliphatic heterocycles. The van der Waals surface area contributed by atoms with Gasteiger partial charge >= 0.3 is 32.2 Å². The molecular formula is C17H43O7Si5. The molecule has 0 saturated carbocycles. The van der Waals surface area contributed by atoms with Gasteiger partial charge in [-0.2, -0.15) is 0 Å². The minimum atomic E-state index is -2.38. The van der Waals surface area contributed by atoms with Gasteiger partial charge in [-0.05, 0) is 84.5 Å². The molecule has 0 unspecified atom stereocenters. The summed E-state index contributed by atoms with van der Waals surface area (Å²) in [6, 6.07) is 0.981. The lowest BCUT2D eigenvalue weighted by atomic mass is 10.5. The summed E-state index contributed by atoms with van der Waals surface area (Å²) < 4.78 is 35.9. The molecule has 0 amide bonds. The molecule has 0 aromatic rings. The van der Waals surface area contributed by atoms with E-state index in [0.717, 1.165) is 12.5 Å². The standard InChI is InChI=1S/C17H43O7Si5/c1-25(2,3)21-27(6,7)23-29(10,11)24-28(8,9)22-26(4,5)16-12-13-19-14-15-20-17-18/h12-16H2,1-11H3. The smallest absolute Gasteiger partial charge is 0.417 e. The van der Waals surface area contributed by atoms with Crippen LogP contribution >= 0.6 is 0 Å². The monoisotopic (exact) mass is 499 g/mol. The highest BCUT2D eigenvalue weighted by Gasteiger charge is 2.44. The summed E-state index contributed by atoms with van der Waals surface area (Å²) in [6.07, 6.45) is 0.913. The molecular weight excluding hydrogens is 457 g/mol. The van der Waals surface area contributed by atoms with Crippen LogP contribution in [0, 0.1) is 0 Å². The highest BCUT2D eigenvalue weighted by molar-refractivity contribution is 6.90. The van der Waals surface area contributed by atoms with E-state index in [1.165, 1.54) is 6.47 Å². The summed E-state index contributed by atoms with van der Waals surface area (Å²) in [7, 11) is -10.5. The summed E-state index contributed by atoms with van der Waals surface area (Å²) in [6.45, 7) is 26.3. The van der Waals surface area contributed by atoms with Crippen LogP contribution in [0.3, 0.4) is 0 Å². The maximum atomic E-state index is 9.96. The average Bonchev–Trinajstić information content (AvgIpc) is 2.39. The van der Waals surface area contributed by atoms with Crippen LogP contribution in [0.5, 0.6) is 0 Å². The summed E-state index contributed by atoms with van der Waals surface area (Å²) in [4.78, 5) is 9.96. The summed E-state index contributed by atoms with van der Waals surface area (Å²) in [5, 5.41) is 0. The molecule has 0 atom stereocenters. The predicted molar refractivity (Wildman–Crippen MR) is 130 cm³/mol. The van der Waals surface area contributed by atoms with Crippen molar-refractivity contribution in [3.05, 3.63) is 0 Å². The van der Waals surface area contributed by atoms with Crippen LogP contribution in [0.15, 0.2) is 0 Å². The minimum absolute atomic E-state index is 0.245. The van der Waals surface area contributed by atoms with Crippen LogP contribution in [0.1, 0.15) is 6.42 Å². The Kier molecular flexibility index (Phi) is 12.0. The highest BCUT2D eigenvalue weighted by atomic mass is 28.5. The lowest BCUT2D eigenvalue weighted by Crippen LogP contribution is -2.58. The minimum Gasteiger partial charge on any atom is -0.455 e. The molecule has 0 aliphatic carbocycles. The fraction of sp³-hybridized carbons (Fsp3) is 0.941. The van der Waals surface area contributed by atoms with Crippen molar-refractivity contribution in [3.63, 3.8) is 0 Å². The van der Waals surface area contributed by atoms with E-state index in [-0.39, 0.29) is 6.61 Å². The quantitative estimate of drug-likeness (QED) is 0.225. The van der Waals surface area contributed by atoms with Crippen LogP contribution in [-0.4, -0.2) is 68.6 Å². The van der Waals surface area contributed by atoms with Gasteiger partial charge in [-0.25, -0.2) is 4.79 Å². The molecule has 29 heavy (non-hydrogen) atoms. The maximum Gasteiger partial charge on any atom is 0.417 e. The molecule has 0 spiro atoms. The van der Waals surface area contributed by atoms with Crippen molar-refractivity contribution < 1.29 is 30.7 Å². The van der Waals surface area contributed by atoms with E-state index >= 15 is 0 Å². The van der Waals surface area contributed by atoms with Gasteiger partial charge < -0.3 is 25.9 Å². The SMILES string of the molecule is C[Si](C)(C)O[Si](C)(C)O[Si](C)(C)O[Si](C)(C)O[Si](C)(C)CCCOCCO[C]=O. The number of rotatable bonds is 16. The molecule has 0 fully saturated rings. The Morgan fingerprint density at radius 3 is 1.59 bits per heavy atom. The Hall–Kier alpha value is 0.354. The largest absolute Gasteiger partial charge is 0.455 e. The first kappa shape index (κ1) is 29.4. The molecule has 0 heterocycles. The van der Waals surface area contributed by atoms with Gasteiger partial charge in [-0.15, -0.1) is 0 Å². The van der Waals surface area contributed by atoms with E-state index < -0.39 is 42.3 Å². The van der Waals surface area contributed by atoms with Crippen LogP contribution < -0.4 is 0 Å². The molecule has 7 nitrogen and oxygen atoms in total. The third-order valence-electron chi connectivity index (χ3n) is 3.51. The molecule has 0 aromatic carbocycles. The zero-order valence-electron chi connectivity index (χ0n) is 20.4. The Morgan fingerprint density at radius 2 is 1.10 bits per heavy atom. The average molecular weight is 500 g/mol. The molecule has 0 N–H and O–H groups in total. The van der Waals surface area contributed by atoms with Crippen molar-refractivity contribution in [1.29, 1.82) is 0 Å². The molecule has 0 aliphatic rings. The first-order valence-corrected chi connectivity index (χ1v) is 25.2. The van der Waals surface area contributed by atoms with Gasteiger partial charge in [0, 0.05) is 6.61 Å². The first-order valence-electron chi connectivity index (χ1n) is 10.3. The van der Waals surface area contributed by atoms with Crippen molar-refractivity contribution in [2.75, 3.05) is 19.8 Å². The van der Waals surface area contributed by atoms with Gasteiger partial charge in [-0.3, -0.25) is 0 Å². The van der Waals surface area contributed by atoms with Crippen molar-refractivity contribution in [3.8, 4) is 0 Å². The Morgan fingerprint density at radius 1 is 0.621 bits per heavy atom. The van der Waals surface area contributed by atoms with Gasteiger partial charge in [0.1, 0.15) is 6.61 Å². The molecule has 173 valence electrons. The Bertz CT molecular complexity index is 493. The van der Waals surface area contributed by atoms with Gasteiger partial charge in [0.15, 0.2) is 16.6 Å².